The molecule has 1 N–H and O–H groups in total. The second-order valence-corrected chi connectivity index (χ2v) is 4.62. The smallest absolute Gasteiger partial charge is 0.0969 e. The van der Waals surface area contributed by atoms with E-state index in [9.17, 15) is 0 Å². The van der Waals surface area contributed by atoms with Crippen LogP contribution in [0.4, 0.5) is 0 Å². The Morgan fingerprint density at radius 1 is 1.29 bits per heavy atom. The predicted octanol–water partition coefficient (Wildman–Crippen LogP) is 1.72. The summed E-state index contributed by atoms with van der Waals surface area (Å²) in [7, 11) is 0. The van der Waals surface area contributed by atoms with Crippen LogP contribution >= 0.6 is 11.8 Å². The van der Waals surface area contributed by atoms with Crippen LogP contribution in [-0.4, -0.2) is 33.5 Å². The average molecular weight is 248 g/mol. The number of nitrogens with one attached hydrogen (secondary N) is 1. The lowest BCUT2D eigenvalue weighted by atomic mass is 10.3. The SMILES string of the molecule is CSCCNCc1cnn(-c2ccccc2)n1. The molecule has 0 saturated carbocycles. The first-order chi connectivity index (χ1) is 8.40. The van der Waals surface area contributed by atoms with Crippen LogP contribution in [0.25, 0.3) is 5.69 Å². The third kappa shape index (κ3) is 3.57. The highest BCUT2D eigenvalue weighted by Crippen LogP contribution is 2.03. The highest BCUT2D eigenvalue weighted by Gasteiger charge is 2.01. The maximum Gasteiger partial charge on any atom is 0.0969 e. The largest absolute Gasteiger partial charge is 0.310 e. The van der Waals surface area contributed by atoms with Crippen LogP contribution < -0.4 is 5.32 Å². The average Bonchev–Trinajstić information content (AvgIpc) is 2.85. The molecule has 0 unspecified atom stereocenters. The molecule has 2 aromatic rings. The van der Waals surface area contributed by atoms with E-state index in [1.165, 1.54) is 0 Å². The van der Waals surface area contributed by atoms with Gasteiger partial charge in [0.1, 0.15) is 0 Å². The molecule has 0 radical (unpaired) electrons. The van der Waals surface area contributed by atoms with Gasteiger partial charge in [-0.3, -0.25) is 0 Å². The minimum atomic E-state index is 0.771. The molecule has 0 aliphatic carbocycles. The van der Waals surface area contributed by atoms with E-state index in [2.05, 4.69) is 21.8 Å². The van der Waals surface area contributed by atoms with Gasteiger partial charge in [-0.05, 0) is 18.4 Å². The number of nitrogens with zero attached hydrogens (tertiary/aromatic N) is 3. The van der Waals surface area contributed by atoms with Crippen molar-refractivity contribution in [2.75, 3.05) is 18.6 Å². The number of para-hydroxylation sites is 1. The molecule has 0 saturated heterocycles. The molecule has 2 rings (SSSR count). The van der Waals surface area contributed by atoms with Gasteiger partial charge in [0.25, 0.3) is 0 Å². The second kappa shape index (κ2) is 6.42. The van der Waals surface area contributed by atoms with E-state index in [0.29, 0.717) is 0 Å². The fourth-order valence-electron chi connectivity index (χ4n) is 1.45. The Morgan fingerprint density at radius 2 is 2.12 bits per heavy atom. The fraction of sp³-hybridized carbons (Fsp3) is 0.333. The number of thioether (sulfide) groups is 1. The molecule has 1 heterocycles. The molecule has 0 amide bonds. The summed E-state index contributed by atoms with van der Waals surface area (Å²) in [6.45, 7) is 1.77. The minimum Gasteiger partial charge on any atom is -0.310 e. The first kappa shape index (κ1) is 12.1. The zero-order valence-corrected chi connectivity index (χ0v) is 10.7. The van der Waals surface area contributed by atoms with Crippen molar-refractivity contribution >= 4 is 11.8 Å². The molecular weight excluding hydrogens is 232 g/mol. The Bertz CT molecular complexity index is 441. The van der Waals surface area contributed by atoms with Gasteiger partial charge in [0.15, 0.2) is 0 Å². The Morgan fingerprint density at radius 3 is 2.88 bits per heavy atom. The molecule has 0 fully saturated rings. The van der Waals surface area contributed by atoms with E-state index < -0.39 is 0 Å². The molecule has 0 aliphatic rings. The molecule has 90 valence electrons. The first-order valence-electron chi connectivity index (χ1n) is 5.56. The minimum absolute atomic E-state index is 0.771. The van der Waals surface area contributed by atoms with Gasteiger partial charge in [-0.2, -0.15) is 26.8 Å². The molecule has 0 spiro atoms. The number of hydrogen-bond donors (Lipinski definition) is 1. The molecule has 0 aliphatic heterocycles. The Labute approximate surface area is 105 Å². The highest BCUT2D eigenvalue weighted by molar-refractivity contribution is 7.98. The third-order valence-corrected chi connectivity index (χ3v) is 2.93. The van der Waals surface area contributed by atoms with Crippen LogP contribution in [0, 0.1) is 0 Å². The lowest BCUT2D eigenvalue weighted by Crippen LogP contribution is -2.16. The quantitative estimate of drug-likeness (QED) is 0.790. The van der Waals surface area contributed by atoms with Crippen LogP contribution in [0.3, 0.4) is 0 Å². The molecule has 1 aromatic carbocycles. The van der Waals surface area contributed by atoms with Crippen LogP contribution in [0.5, 0.6) is 0 Å². The molecular formula is C12H16N4S. The number of benzene rings is 1. The summed E-state index contributed by atoms with van der Waals surface area (Å²) in [5.41, 5.74) is 1.96. The molecule has 1 aromatic heterocycles. The van der Waals surface area contributed by atoms with Crippen molar-refractivity contribution in [2.45, 2.75) is 6.54 Å². The van der Waals surface area contributed by atoms with Crippen LogP contribution in [0.1, 0.15) is 5.69 Å². The van der Waals surface area contributed by atoms with Crippen molar-refractivity contribution in [3.63, 3.8) is 0 Å². The van der Waals surface area contributed by atoms with E-state index in [1.807, 2.05) is 42.1 Å². The first-order valence-corrected chi connectivity index (χ1v) is 6.96. The predicted molar refractivity (Wildman–Crippen MR) is 71.4 cm³/mol. The Kier molecular flexibility index (Phi) is 4.58. The summed E-state index contributed by atoms with van der Waals surface area (Å²) in [5, 5.41) is 12.0. The van der Waals surface area contributed by atoms with Gasteiger partial charge in [-0.15, -0.1) is 0 Å². The van der Waals surface area contributed by atoms with Crippen LogP contribution in [0.2, 0.25) is 0 Å². The maximum atomic E-state index is 4.41. The van der Waals surface area contributed by atoms with Gasteiger partial charge < -0.3 is 5.32 Å². The van der Waals surface area contributed by atoms with Gasteiger partial charge in [0.05, 0.1) is 17.6 Å². The maximum absolute atomic E-state index is 4.41. The van der Waals surface area contributed by atoms with Crippen molar-refractivity contribution in [1.29, 1.82) is 0 Å². The topological polar surface area (TPSA) is 42.7 Å². The summed E-state index contributed by atoms with van der Waals surface area (Å²) in [6.07, 6.45) is 3.91. The fourth-order valence-corrected chi connectivity index (χ4v) is 1.80. The van der Waals surface area contributed by atoms with Gasteiger partial charge in [0, 0.05) is 18.8 Å². The second-order valence-electron chi connectivity index (χ2n) is 3.63. The van der Waals surface area contributed by atoms with Crippen molar-refractivity contribution in [1.82, 2.24) is 20.3 Å². The lowest BCUT2D eigenvalue weighted by Gasteiger charge is -2.00. The normalized spacial score (nSPS) is 10.6. The van der Waals surface area contributed by atoms with Gasteiger partial charge in [-0.25, -0.2) is 0 Å². The van der Waals surface area contributed by atoms with Crippen molar-refractivity contribution in [2.24, 2.45) is 0 Å². The standard InChI is InChI=1S/C12H16N4S/c1-17-8-7-13-9-11-10-14-16(15-11)12-5-3-2-4-6-12/h2-6,10,13H,7-9H2,1H3. The summed E-state index contributed by atoms with van der Waals surface area (Å²) >= 11 is 1.84. The van der Waals surface area contributed by atoms with Gasteiger partial charge in [-0.1, -0.05) is 18.2 Å². The van der Waals surface area contributed by atoms with Crippen molar-refractivity contribution in [3.05, 3.63) is 42.2 Å². The molecule has 4 nitrogen and oxygen atoms in total. The van der Waals surface area contributed by atoms with E-state index in [-0.39, 0.29) is 0 Å². The molecule has 0 bridgehead atoms. The lowest BCUT2D eigenvalue weighted by molar-refractivity contribution is 0.687. The zero-order chi connectivity index (χ0) is 11.9. The third-order valence-electron chi connectivity index (χ3n) is 2.32. The summed E-state index contributed by atoms with van der Waals surface area (Å²) < 4.78 is 0. The van der Waals surface area contributed by atoms with E-state index >= 15 is 0 Å². The zero-order valence-electron chi connectivity index (χ0n) is 9.84. The Balaban J connectivity index is 1.92. The highest BCUT2D eigenvalue weighted by atomic mass is 32.2. The van der Waals surface area contributed by atoms with Crippen LogP contribution in [0.15, 0.2) is 36.5 Å². The Hall–Kier alpha value is -1.33. The van der Waals surface area contributed by atoms with E-state index in [1.54, 1.807) is 11.0 Å². The molecule has 17 heavy (non-hydrogen) atoms. The summed E-state index contributed by atoms with van der Waals surface area (Å²) in [5.74, 6) is 1.12. The van der Waals surface area contributed by atoms with Crippen LogP contribution in [-0.2, 0) is 6.54 Å². The van der Waals surface area contributed by atoms with Gasteiger partial charge >= 0.3 is 0 Å². The molecule has 5 heteroatoms. The monoisotopic (exact) mass is 248 g/mol. The number of hydrogen-bond acceptors (Lipinski definition) is 4. The van der Waals surface area contributed by atoms with E-state index in [4.69, 9.17) is 0 Å². The number of rotatable bonds is 6. The van der Waals surface area contributed by atoms with Gasteiger partial charge in [0.2, 0.25) is 0 Å². The summed E-state index contributed by atoms with van der Waals surface area (Å²) in [4.78, 5) is 1.66. The van der Waals surface area contributed by atoms with Crippen molar-refractivity contribution in [3.8, 4) is 5.69 Å². The van der Waals surface area contributed by atoms with Crippen molar-refractivity contribution < 1.29 is 0 Å². The van der Waals surface area contributed by atoms with E-state index in [0.717, 1.165) is 30.2 Å². The number of aromatic nitrogens is 3. The summed E-state index contributed by atoms with van der Waals surface area (Å²) in [6, 6.07) is 9.93. The molecule has 0 atom stereocenters.